The van der Waals surface area contributed by atoms with Crippen molar-refractivity contribution in [1.29, 1.82) is 0 Å². The number of amides is 1. The summed E-state index contributed by atoms with van der Waals surface area (Å²) in [5.74, 6) is 5.93. The molecule has 1 heterocycles. The third kappa shape index (κ3) is 6.49. The molecule has 34 heavy (non-hydrogen) atoms. The normalized spacial score (nSPS) is 24.9. The van der Waals surface area contributed by atoms with Crippen molar-refractivity contribution in [2.45, 2.75) is 78.2 Å². The molecule has 1 aromatic heterocycles. The van der Waals surface area contributed by atoms with Gasteiger partial charge >= 0.3 is 5.97 Å². The number of Topliss-reactive ketones (excluding diaryl/α,β-unsaturated/α-hetero) is 1. The molecule has 0 aliphatic heterocycles. The summed E-state index contributed by atoms with van der Waals surface area (Å²) in [5.41, 5.74) is 0.473. The fourth-order valence-corrected chi connectivity index (χ4v) is 5.96. The molecule has 0 unspecified atom stereocenters. The fourth-order valence-electron chi connectivity index (χ4n) is 5.11. The van der Waals surface area contributed by atoms with Crippen LogP contribution < -0.4 is 4.90 Å². The van der Waals surface area contributed by atoms with Crippen LogP contribution in [0.2, 0.25) is 0 Å². The summed E-state index contributed by atoms with van der Waals surface area (Å²) in [7, 11) is 1.53. The minimum Gasteiger partial charge on any atom is -0.477 e. The van der Waals surface area contributed by atoms with E-state index < -0.39 is 5.97 Å². The number of ketones is 1. The highest BCUT2D eigenvalue weighted by Crippen LogP contribution is 2.39. The summed E-state index contributed by atoms with van der Waals surface area (Å²) in [5, 5.41) is 9.97. The molecule has 1 N–H and O–H groups in total. The second kappa shape index (κ2) is 12.0. The number of carboxylic acids is 1. The van der Waals surface area contributed by atoms with Gasteiger partial charge < -0.3 is 14.7 Å². The van der Waals surface area contributed by atoms with E-state index in [4.69, 9.17) is 4.74 Å². The van der Waals surface area contributed by atoms with Crippen molar-refractivity contribution in [1.82, 2.24) is 0 Å². The number of anilines is 1. The fraction of sp³-hybridized carbons (Fsp3) is 0.667. The lowest BCUT2D eigenvalue weighted by atomic mass is 9.80. The van der Waals surface area contributed by atoms with Gasteiger partial charge in [0.1, 0.15) is 11.5 Å². The van der Waals surface area contributed by atoms with Crippen molar-refractivity contribution in [2.75, 3.05) is 18.6 Å². The molecular formula is C27H37NO5S. The van der Waals surface area contributed by atoms with Crippen molar-refractivity contribution in [3.05, 3.63) is 15.8 Å². The molecule has 0 bridgehead atoms. The third-order valence-corrected chi connectivity index (χ3v) is 8.08. The van der Waals surface area contributed by atoms with Gasteiger partial charge in [0, 0.05) is 30.9 Å². The van der Waals surface area contributed by atoms with Crippen LogP contribution in [0.1, 0.15) is 86.7 Å². The van der Waals surface area contributed by atoms with Crippen molar-refractivity contribution < 1.29 is 24.2 Å². The van der Waals surface area contributed by atoms with Crippen LogP contribution in [-0.4, -0.2) is 42.5 Å². The van der Waals surface area contributed by atoms with Crippen LogP contribution in [0.4, 0.5) is 5.69 Å². The predicted octanol–water partition coefficient (Wildman–Crippen LogP) is 5.39. The molecule has 0 aromatic carbocycles. The quantitative estimate of drug-likeness (QED) is 0.522. The third-order valence-electron chi connectivity index (χ3n) is 7.06. The van der Waals surface area contributed by atoms with Gasteiger partial charge in [0.15, 0.2) is 5.78 Å². The van der Waals surface area contributed by atoms with Crippen molar-refractivity contribution >= 4 is 34.7 Å². The Bertz CT molecular complexity index is 940. The Morgan fingerprint density at radius 1 is 1.09 bits per heavy atom. The van der Waals surface area contributed by atoms with Crippen molar-refractivity contribution in [2.24, 2.45) is 23.7 Å². The summed E-state index contributed by atoms with van der Waals surface area (Å²) >= 11 is 1.14. The van der Waals surface area contributed by atoms with Crippen molar-refractivity contribution in [3.8, 4) is 11.8 Å². The number of hydrogen-bond donors (Lipinski definition) is 1. The highest BCUT2D eigenvalue weighted by molar-refractivity contribution is 7.15. The number of rotatable bonds is 7. The lowest BCUT2D eigenvalue weighted by Crippen LogP contribution is -2.47. The van der Waals surface area contributed by atoms with E-state index in [9.17, 15) is 19.5 Å². The number of hydrogen-bond acceptors (Lipinski definition) is 5. The molecular weight excluding hydrogens is 450 g/mol. The Labute approximate surface area is 207 Å². The number of carbonyl (C=O) groups excluding carboxylic acids is 2. The zero-order chi connectivity index (χ0) is 24.8. The largest absolute Gasteiger partial charge is 0.477 e. The molecule has 2 aliphatic rings. The smallest absolute Gasteiger partial charge is 0.348 e. The van der Waals surface area contributed by atoms with Crippen LogP contribution in [0.5, 0.6) is 0 Å². The molecule has 6 nitrogen and oxygen atoms in total. The minimum absolute atomic E-state index is 0.0298. The highest BCUT2D eigenvalue weighted by atomic mass is 32.1. The van der Waals surface area contributed by atoms with Gasteiger partial charge in [-0.25, -0.2) is 4.79 Å². The zero-order valence-corrected chi connectivity index (χ0v) is 21.6. The van der Waals surface area contributed by atoms with Gasteiger partial charge in [-0.05, 0) is 63.4 Å². The molecule has 2 aliphatic carbocycles. The number of ether oxygens (including phenoxy) is 1. The topological polar surface area (TPSA) is 83.9 Å². The van der Waals surface area contributed by atoms with Gasteiger partial charge in [0.2, 0.25) is 5.91 Å². The molecule has 1 aromatic rings. The number of methoxy groups -OCH3 is 1. The van der Waals surface area contributed by atoms with Crippen LogP contribution in [0.3, 0.4) is 0 Å². The van der Waals surface area contributed by atoms with Crippen LogP contribution in [0.25, 0.3) is 0 Å². The van der Waals surface area contributed by atoms with E-state index in [0.717, 1.165) is 37.0 Å². The molecule has 0 spiro atoms. The lowest BCUT2D eigenvalue weighted by molar-refractivity contribution is -0.127. The van der Waals surface area contributed by atoms with Gasteiger partial charge in [-0.15, -0.1) is 11.3 Å². The number of nitrogens with zero attached hydrogens (tertiary/aromatic N) is 1. The summed E-state index contributed by atoms with van der Waals surface area (Å²) in [6.07, 6.45) is 6.44. The molecule has 2 saturated carbocycles. The average Bonchev–Trinajstić information content (AvgIpc) is 3.23. The second-order valence-electron chi connectivity index (χ2n) is 10.1. The Morgan fingerprint density at radius 3 is 2.26 bits per heavy atom. The first kappa shape index (κ1) is 26.4. The number of thiophene rings is 1. The van der Waals surface area contributed by atoms with E-state index in [0.29, 0.717) is 42.2 Å². The van der Waals surface area contributed by atoms with Crippen LogP contribution in [-0.2, 0) is 14.3 Å². The standard InChI is InChI=1S/C27H37NO5S/c1-17(2)5-14-22-15-23(25(34-22)27(31)32)28(26(30)20-8-6-18(3)7-9-20)21-12-10-19(11-13-21)24(29)16-33-4/h15,17-21H,6-13,16H2,1-4H3,(H,31,32). The van der Waals surface area contributed by atoms with Crippen LogP contribution in [0.15, 0.2) is 6.07 Å². The monoisotopic (exact) mass is 487 g/mol. The molecule has 0 atom stereocenters. The first-order chi connectivity index (χ1) is 16.2. The molecule has 7 heteroatoms. The Balaban J connectivity index is 1.93. The van der Waals surface area contributed by atoms with Gasteiger partial charge in [-0.2, -0.15) is 0 Å². The van der Waals surface area contributed by atoms with Crippen LogP contribution in [0, 0.1) is 35.5 Å². The van der Waals surface area contributed by atoms with Gasteiger partial charge in [0.05, 0.1) is 10.6 Å². The number of aromatic carboxylic acids is 1. The maximum atomic E-state index is 13.9. The average molecular weight is 488 g/mol. The van der Waals surface area contributed by atoms with Gasteiger partial charge in [-0.1, -0.05) is 32.6 Å². The Morgan fingerprint density at radius 2 is 1.71 bits per heavy atom. The summed E-state index contributed by atoms with van der Waals surface area (Å²) < 4.78 is 5.02. The molecule has 3 rings (SSSR count). The van der Waals surface area contributed by atoms with E-state index in [1.54, 1.807) is 11.0 Å². The second-order valence-corrected chi connectivity index (χ2v) is 11.2. The molecule has 0 radical (unpaired) electrons. The van der Waals surface area contributed by atoms with E-state index in [2.05, 4.69) is 18.8 Å². The van der Waals surface area contributed by atoms with E-state index in [1.165, 1.54) is 7.11 Å². The Hall–Kier alpha value is -2.17. The minimum atomic E-state index is -1.03. The number of carboxylic acid groups (broad SMARTS) is 1. The van der Waals surface area contributed by atoms with E-state index >= 15 is 0 Å². The SMILES string of the molecule is COCC(=O)C1CCC(N(C(=O)C2CCC(C)CC2)c2cc(C#CC(C)C)sc2C(=O)O)CC1. The maximum Gasteiger partial charge on any atom is 0.348 e. The van der Waals surface area contributed by atoms with Crippen LogP contribution >= 0.6 is 11.3 Å². The summed E-state index contributed by atoms with van der Waals surface area (Å²) in [6, 6.07) is 1.67. The number of carbonyl (C=O) groups is 3. The van der Waals surface area contributed by atoms with E-state index in [-0.39, 0.29) is 47.0 Å². The summed E-state index contributed by atoms with van der Waals surface area (Å²) in [6.45, 7) is 6.31. The molecule has 1 amide bonds. The lowest BCUT2D eigenvalue weighted by Gasteiger charge is -2.39. The van der Waals surface area contributed by atoms with E-state index in [1.807, 2.05) is 13.8 Å². The Kier molecular flexibility index (Phi) is 9.32. The van der Waals surface area contributed by atoms with Crippen molar-refractivity contribution in [3.63, 3.8) is 0 Å². The molecule has 186 valence electrons. The zero-order valence-electron chi connectivity index (χ0n) is 20.8. The summed E-state index contributed by atoms with van der Waals surface area (Å²) in [4.78, 5) is 41.0. The predicted molar refractivity (Wildman–Crippen MR) is 134 cm³/mol. The molecule has 2 fully saturated rings. The molecule has 0 saturated heterocycles. The maximum absolute atomic E-state index is 13.9. The first-order valence-corrected chi connectivity index (χ1v) is 13.3. The van der Waals surface area contributed by atoms with Gasteiger partial charge in [-0.3, -0.25) is 9.59 Å². The highest BCUT2D eigenvalue weighted by Gasteiger charge is 2.38. The first-order valence-electron chi connectivity index (χ1n) is 12.4. The van der Waals surface area contributed by atoms with Gasteiger partial charge in [0.25, 0.3) is 0 Å².